The van der Waals surface area contributed by atoms with Crippen LogP contribution in [-0.2, 0) is 23.9 Å². The number of carbonyl (C=O) groups is 7. The first kappa shape index (κ1) is 43.4. The summed E-state index contributed by atoms with van der Waals surface area (Å²) in [7, 11) is 0. The average Bonchev–Trinajstić information content (AvgIpc) is 3.54. The Hall–Kier alpha value is -5.67. The Kier molecular flexibility index (Phi) is 14.8. The second-order valence-electron chi connectivity index (χ2n) is 15.9. The molecular formula is C46H52N6O8S. The first-order valence-electron chi connectivity index (χ1n) is 21.2. The fraction of sp³-hybridized carbons (Fsp3) is 0.435. The third-order valence-corrected chi connectivity index (χ3v) is 13.0. The van der Waals surface area contributed by atoms with Crippen LogP contribution in [0.2, 0.25) is 0 Å². The monoisotopic (exact) mass is 848 g/mol. The highest BCUT2D eigenvalue weighted by Crippen LogP contribution is 2.35. The lowest BCUT2D eigenvalue weighted by Gasteiger charge is -2.33. The Balaban J connectivity index is 0.761. The van der Waals surface area contributed by atoms with E-state index in [1.54, 1.807) is 36.7 Å². The molecule has 0 spiro atoms. The first-order chi connectivity index (χ1) is 29.7. The molecule has 0 saturated carbocycles. The first-order valence-corrected chi connectivity index (χ1v) is 22.2. The van der Waals surface area contributed by atoms with E-state index in [0.717, 1.165) is 68.5 Å². The molecule has 7 rings (SSSR count). The van der Waals surface area contributed by atoms with Crippen LogP contribution in [0.1, 0.15) is 106 Å². The summed E-state index contributed by atoms with van der Waals surface area (Å²) in [6.07, 6.45) is 13.5. The van der Waals surface area contributed by atoms with Crippen molar-refractivity contribution in [2.45, 2.75) is 74.6 Å². The van der Waals surface area contributed by atoms with Gasteiger partial charge in [-0.2, -0.15) is 0 Å². The van der Waals surface area contributed by atoms with Gasteiger partial charge in [-0.05, 0) is 97.9 Å². The summed E-state index contributed by atoms with van der Waals surface area (Å²) in [6, 6.07) is 15.7. The Morgan fingerprint density at radius 1 is 0.869 bits per heavy atom. The summed E-state index contributed by atoms with van der Waals surface area (Å²) in [5.41, 5.74) is 3.23. The van der Waals surface area contributed by atoms with Crippen LogP contribution < -0.4 is 10.6 Å². The van der Waals surface area contributed by atoms with Crippen LogP contribution >= 0.6 is 11.8 Å². The minimum Gasteiger partial charge on any atom is -0.371 e. The van der Waals surface area contributed by atoms with Crippen LogP contribution in [0, 0.1) is 5.92 Å². The van der Waals surface area contributed by atoms with E-state index >= 15 is 0 Å². The fourth-order valence-corrected chi connectivity index (χ4v) is 9.45. The lowest BCUT2D eigenvalue weighted by Crippen LogP contribution is -2.54. The molecule has 0 bridgehead atoms. The van der Waals surface area contributed by atoms with Gasteiger partial charge in [-0.1, -0.05) is 37.1 Å². The van der Waals surface area contributed by atoms with E-state index < -0.39 is 29.7 Å². The zero-order valence-electron chi connectivity index (χ0n) is 34.2. The van der Waals surface area contributed by atoms with Gasteiger partial charge in [-0.15, -0.1) is 11.8 Å². The number of piperidine rings is 3. The molecule has 3 saturated heterocycles. The highest BCUT2D eigenvalue weighted by molar-refractivity contribution is 7.99. The number of rotatable bonds is 16. The maximum absolute atomic E-state index is 13.3. The average molecular weight is 849 g/mol. The molecule has 1 unspecified atom stereocenters. The second kappa shape index (κ2) is 20.7. The van der Waals surface area contributed by atoms with Gasteiger partial charge in [0.05, 0.1) is 17.7 Å². The van der Waals surface area contributed by atoms with Crippen LogP contribution in [-0.4, -0.2) is 119 Å². The topological polar surface area (TPSA) is 175 Å². The number of hydrogen-bond acceptors (Lipinski definition) is 10. The van der Waals surface area contributed by atoms with Crippen LogP contribution in [0.4, 0.5) is 0 Å². The van der Waals surface area contributed by atoms with Gasteiger partial charge in [0.15, 0.2) is 0 Å². The number of ether oxygens (including phenoxy) is 1. The van der Waals surface area contributed by atoms with Crippen molar-refractivity contribution in [2.75, 3.05) is 51.7 Å². The summed E-state index contributed by atoms with van der Waals surface area (Å²) in [5, 5.41) is 5.16. The van der Waals surface area contributed by atoms with E-state index in [0.29, 0.717) is 47.7 Å². The molecule has 5 heterocycles. The largest absolute Gasteiger partial charge is 0.371 e. The summed E-state index contributed by atoms with van der Waals surface area (Å²) < 4.78 is 5.72. The number of unbranched alkanes of at least 4 members (excludes halogenated alkanes) is 1. The number of pyridine rings is 1. The molecule has 61 heavy (non-hydrogen) atoms. The van der Waals surface area contributed by atoms with Crippen LogP contribution in [0.5, 0.6) is 0 Å². The SMILES string of the molecule is O=C(/C=C/c1cccnc1)NCCCCC1CCN(C(=O)c2ccc(C3CCN(C(=O)COCCSc4cccc5c4C(=O)N(C4CCC(=O)NC4=O)C5=O)CC3)cc2)CC1. The van der Waals surface area contributed by atoms with E-state index in [1.807, 2.05) is 46.2 Å². The molecule has 1 aromatic heterocycles. The van der Waals surface area contributed by atoms with E-state index in [1.165, 1.54) is 23.4 Å². The molecule has 15 heteroatoms. The van der Waals surface area contributed by atoms with Crippen molar-refractivity contribution in [3.05, 3.63) is 101 Å². The van der Waals surface area contributed by atoms with Crippen LogP contribution in [0.15, 0.2) is 78.0 Å². The third-order valence-electron chi connectivity index (χ3n) is 12.0. The van der Waals surface area contributed by atoms with E-state index in [-0.39, 0.29) is 54.9 Å². The van der Waals surface area contributed by atoms with Gasteiger partial charge in [0.25, 0.3) is 17.7 Å². The molecule has 1 atom stereocenters. The van der Waals surface area contributed by atoms with Gasteiger partial charge in [-0.3, -0.25) is 48.8 Å². The number of nitrogens with zero attached hydrogens (tertiary/aromatic N) is 4. The number of carbonyl (C=O) groups excluding carboxylic acids is 7. The van der Waals surface area contributed by atoms with Crippen LogP contribution in [0.3, 0.4) is 0 Å². The van der Waals surface area contributed by atoms with Crippen molar-refractivity contribution >= 4 is 59.2 Å². The predicted octanol–water partition coefficient (Wildman–Crippen LogP) is 4.85. The summed E-state index contributed by atoms with van der Waals surface area (Å²) >= 11 is 1.34. The van der Waals surface area contributed by atoms with Gasteiger partial charge < -0.3 is 19.9 Å². The lowest BCUT2D eigenvalue weighted by atomic mass is 9.88. The Morgan fingerprint density at radius 3 is 2.38 bits per heavy atom. The maximum atomic E-state index is 13.3. The quantitative estimate of drug-likeness (QED) is 0.0878. The summed E-state index contributed by atoms with van der Waals surface area (Å²) in [6.45, 7) is 3.58. The molecule has 3 fully saturated rings. The molecule has 320 valence electrons. The number of imide groups is 2. The molecule has 3 aromatic rings. The fourth-order valence-electron chi connectivity index (χ4n) is 8.51. The number of hydrogen-bond donors (Lipinski definition) is 2. The normalized spacial score (nSPS) is 18.8. The van der Waals surface area contributed by atoms with Crippen molar-refractivity contribution in [3.8, 4) is 0 Å². The molecule has 0 aliphatic carbocycles. The molecule has 2 N–H and O–H groups in total. The number of likely N-dealkylation sites (tertiary alicyclic amines) is 2. The van der Waals surface area contributed by atoms with Gasteiger partial charge in [0.1, 0.15) is 12.6 Å². The van der Waals surface area contributed by atoms with Gasteiger partial charge in [0, 0.05) is 73.8 Å². The summed E-state index contributed by atoms with van der Waals surface area (Å²) in [4.78, 5) is 98.2. The number of amides is 7. The minimum atomic E-state index is -1.02. The van der Waals surface area contributed by atoms with Crippen molar-refractivity contribution in [3.63, 3.8) is 0 Å². The van der Waals surface area contributed by atoms with Crippen molar-refractivity contribution in [2.24, 2.45) is 5.92 Å². The Bertz CT molecular complexity index is 2130. The lowest BCUT2D eigenvalue weighted by molar-refractivity contribution is -0.137. The predicted molar refractivity (Wildman–Crippen MR) is 228 cm³/mol. The second-order valence-corrected chi connectivity index (χ2v) is 17.1. The van der Waals surface area contributed by atoms with Crippen molar-refractivity contribution < 1.29 is 38.3 Å². The van der Waals surface area contributed by atoms with Crippen molar-refractivity contribution in [1.29, 1.82) is 0 Å². The molecule has 7 amide bonds. The van der Waals surface area contributed by atoms with Gasteiger partial charge in [0.2, 0.25) is 23.6 Å². The number of nitrogens with one attached hydrogen (secondary N) is 2. The Morgan fingerprint density at radius 2 is 1.64 bits per heavy atom. The van der Waals surface area contributed by atoms with Gasteiger partial charge in [-0.25, -0.2) is 0 Å². The number of aromatic nitrogens is 1. The van der Waals surface area contributed by atoms with Gasteiger partial charge >= 0.3 is 0 Å². The minimum absolute atomic E-state index is 0.0554. The third kappa shape index (κ3) is 11.0. The molecule has 4 aliphatic rings. The Labute approximate surface area is 359 Å². The van der Waals surface area contributed by atoms with Crippen LogP contribution in [0.25, 0.3) is 6.08 Å². The summed E-state index contributed by atoms with van der Waals surface area (Å²) in [5.74, 6) is -0.960. The molecule has 2 aromatic carbocycles. The standard InChI is InChI=1S/C46H52N6O8S/c53-39(15-9-32-6-4-21-47-29-32)48-22-2-1-5-31-17-23-51(24-18-31)44(57)35-12-10-33(11-13-35)34-19-25-50(26-20-34)41(55)30-60-27-28-61-38-8-3-7-36-42(38)46(59)52(45(36)58)37-14-16-40(54)49-43(37)56/h3-4,6-13,15,21,29,31,34,37H,1-2,5,14,16-20,22-28,30H2,(H,48,53)(H,49,54,56)/b15-9+. The molecule has 14 nitrogen and oxygen atoms in total. The zero-order chi connectivity index (χ0) is 42.7. The number of benzene rings is 2. The molecule has 4 aliphatic heterocycles. The zero-order valence-corrected chi connectivity index (χ0v) is 35.0. The highest BCUT2D eigenvalue weighted by Gasteiger charge is 2.45. The molecule has 0 radical (unpaired) electrons. The molecular weight excluding hydrogens is 797 g/mol. The highest BCUT2D eigenvalue weighted by atomic mass is 32.2. The smallest absolute Gasteiger partial charge is 0.263 e. The van der Waals surface area contributed by atoms with E-state index in [9.17, 15) is 33.6 Å². The van der Waals surface area contributed by atoms with E-state index in [4.69, 9.17) is 4.74 Å². The maximum Gasteiger partial charge on any atom is 0.263 e. The number of thioether (sulfide) groups is 1. The van der Waals surface area contributed by atoms with Crippen molar-refractivity contribution in [1.82, 2.24) is 30.3 Å². The van der Waals surface area contributed by atoms with E-state index in [2.05, 4.69) is 15.6 Å². The number of fused-ring (bicyclic) bond motifs is 1.